The first kappa shape index (κ1) is 15.0. The number of phenolic OH excluding ortho intramolecular Hbond substituents is 1. The number of amides is 2. The second kappa shape index (κ2) is 6.39. The Balaban J connectivity index is 1.96. The third-order valence-corrected chi connectivity index (χ3v) is 3.45. The molecule has 0 unspecified atom stereocenters. The fraction of sp³-hybridized carbons (Fsp3) is 0.333. The van der Waals surface area contributed by atoms with E-state index in [0.717, 1.165) is 17.7 Å². The van der Waals surface area contributed by atoms with E-state index in [-0.39, 0.29) is 37.1 Å². The van der Waals surface area contributed by atoms with E-state index in [9.17, 15) is 19.1 Å². The van der Waals surface area contributed by atoms with Crippen molar-refractivity contribution in [1.82, 2.24) is 10.2 Å². The molecule has 2 N–H and O–H groups in total. The van der Waals surface area contributed by atoms with Gasteiger partial charge in [0.2, 0.25) is 11.8 Å². The third kappa shape index (κ3) is 3.59. The summed E-state index contributed by atoms with van der Waals surface area (Å²) in [5.41, 5.74) is 1.18. The van der Waals surface area contributed by atoms with Crippen LogP contribution in [0.4, 0.5) is 4.39 Å². The van der Waals surface area contributed by atoms with Crippen molar-refractivity contribution in [2.24, 2.45) is 0 Å². The summed E-state index contributed by atoms with van der Waals surface area (Å²) in [6.45, 7) is 4.21. The van der Waals surface area contributed by atoms with Gasteiger partial charge in [-0.15, -0.1) is 0 Å². The lowest BCUT2D eigenvalue weighted by Crippen LogP contribution is -2.38. The predicted octanol–water partition coefficient (Wildman–Crippen LogP) is 1.11. The molecule has 0 radical (unpaired) electrons. The van der Waals surface area contributed by atoms with Crippen molar-refractivity contribution < 1.29 is 19.1 Å². The molecule has 6 heteroatoms. The molecule has 0 fully saturated rings. The molecule has 1 aliphatic rings. The van der Waals surface area contributed by atoms with E-state index in [1.54, 1.807) is 4.90 Å². The van der Waals surface area contributed by atoms with Gasteiger partial charge >= 0.3 is 0 Å². The number of phenols is 1. The molecule has 112 valence electrons. The number of aromatic hydroxyl groups is 1. The maximum absolute atomic E-state index is 13.8. The molecule has 0 bridgehead atoms. The number of nitrogens with zero attached hydrogens (tertiary/aromatic N) is 1. The van der Waals surface area contributed by atoms with Crippen LogP contribution < -0.4 is 5.32 Å². The van der Waals surface area contributed by atoms with Gasteiger partial charge in [-0.05, 0) is 24.1 Å². The Morgan fingerprint density at radius 3 is 2.95 bits per heavy atom. The zero-order chi connectivity index (χ0) is 15.4. The van der Waals surface area contributed by atoms with Gasteiger partial charge in [0.25, 0.3) is 0 Å². The van der Waals surface area contributed by atoms with Gasteiger partial charge in [-0.3, -0.25) is 9.59 Å². The van der Waals surface area contributed by atoms with Gasteiger partial charge < -0.3 is 15.3 Å². The number of carbonyl (C=O) groups is 2. The van der Waals surface area contributed by atoms with Gasteiger partial charge in [0.15, 0.2) is 0 Å². The van der Waals surface area contributed by atoms with Crippen molar-refractivity contribution >= 4 is 11.8 Å². The van der Waals surface area contributed by atoms with Crippen molar-refractivity contribution in [2.75, 3.05) is 13.1 Å². The number of halogens is 1. The molecule has 1 aromatic rings. The first-order valence-electron chi connectivity index (χ1n) is 6.69. The summed E-state index contributed by atoms with van der Waals surface area (Å²) in [6.07, 6.45) is 1.81. The Labute approximate surface area is 122 Å². The second-order valence-electron chi connectivity index (χ2n) is 4.88. The maximum Gasteiger partial charge on any atom is 0.243 e. The van der Waals surface area contributed by atoms with E-state index >= 15 is 0 Å². The molecule has 0 saturated carbocycles. The summed E-state index contributed by atoms with van der Waals surface area (Å²) < 4.78 is 13.8. The van der Waals surface area contributed by atoms with Gasteiger partial charge in [-0.1, -0.05) is 6.58 Å². The molecule has 2 rings (SSSR count). The molecule has 1 aliphatic heterocycles. The molecular weight excluding hydrogens is 275 g/mol. The van der Waals surface area contributed by atoms with Crippen LogP contribution in [0.5, 0.6) is 5.75 Å². The molecule has 0 spiro atoms. The fourth-order valence-electron chi connectivity index (χ4n) is 2.34. The molecule has 2 amide bonds. The lowest BCUT2D eigenvalue weighted by atomic mass is 9.98. The number of rotatable bonds is 4. The third-order valence-electron chi connectivity index (χ3n) is 3.45. The molecule has 0 aliphatic carbocycles. The highest BCUT2D eigenvalue weighted by atomic mass is 19.1. The van der Waals surface area contributed by atoms with Crippen molar-refractivity contribution in [3.05, 3.63) is 41.7 Å². The normalized spacial score (nSPS) is 13.5. The van der Waals surface area contributed by atoms with E-state index in [4.69, 9.17) is 0 Å². The van der Waals surface area contributed by atoms with Crippen molar-refractivity contribution in [3.63, 3.8) is 0 Å². The quantitative estimate of drug-likeness (QED) is 0.817. The van der Waals surface area contributed by atoms with Crippen molar-refractivity contribution in [3.8, 4) is 5.75 Å². The van der Waals surface area contributed by atoms with E-state index in [1.807, 2.05) is 0 Å². The first-order valence-corrected chi connectivity index (χ1v) is 6.69. The van der Waals surface area contributed by atoms with Crippen LogP contribution in [0, 0.1) is 5.82 Å². The zero-order valence-corrected chi connectivity index (χ0v) is 11.6. The average Bonchev–Trinajstić information content (AvgIpc) is 2.46. The van der Waals surface area contributed by atoms with Crippen LogP contribution in [0.2, 0.25) is 0 Å². The van der Waals surface area contributed by atoms with Gasteiger partial charge in [-0.2, -0.15) is 0 Å². The smallest absolute Gasteiger partial charge is 0.243 e. The standard InChI is InChI=1S/C15H17FN2O3/c1-2-14(20)17-5-3-15(21)18-6-4-10-7-11(19)8-13(16)12(10)9-18/h2,7-8,19H,1,3-6,9H2,(H,17,20). The number of benzene rings is 1. The summed E-state index contributed by atoms with van der Waals surface area (Å²) in [5, 5.41) is 11.9. The molecule has 0 saturated heterocycles. The largest absolute Gasteiger partial charge is 0.508 e. The number of nitrogens with one attached hydrogen (secondary N) is 1. The van der Waals surface area contributed by atoms with Crippen molar-refractivity contribution in [2.45, 2.75) is 19.4 Å². The molecule has 21 heavy (non-hydrogen) atoms. The highest BCUT2D eigenvalue weighted by Gasteiger charge is 2.23. The minimum atomic E-state index is -0.498. The topological polar surface area (TPSA) is 69.6 Å². The molecular formula is C15H17FN2O3. The Bertz CT molecular complexity index is 587. The molecule has 0 aromatic heterocycles. The average molecular weight is 292 g/mol. The Hall–Kier alpha value is -2.37. The predicted molar refractivity (Wildman–Crippen MR) is 75.0 cm³/mol. The molecule has 5 nitrogen and oxygen atoms in total. The van der Waals surface area contributed by atoms with E-state index in [0.29, 0.717) is 18.5 Å². The van der Waals surface area contributed by atoms with Crippen LogP contribution >= 0.6 is 0 Å². The first-order chi connectivity index (χ1) is 10.0. The Morgan fingerprint density at radius 2 is 2.24 bits per heavy atom. The SMILES string of the molecule is C=CC(=O)NCCC(=O)N1CCc2cc(O)cc(F)c2C1. The van der Waals surface area contributed by atoms with Crippen LogP contribution in [0.15, 0.2) is 24.8 Å². The minimum absolute atomic E-state index is 0.0989. The lowest BCUT2D eigenvalue weighted by Gasteiger charge is -2.29. The second-order valence-corrected chi connectivity index (χ2v) is 4.88. The van der Waals surface area contributed by atoms with E-state index < -0.39 is 5.82 Å². The van der Waals surface area contributed by atoms with Crippen LogP contribution in [0.3, 0.4) is 0 Å². The maximum atomic E-state index is 13.8. The Kier molecular flexibility index (Phi) is 4.57. The molecule has 1 heterocycles. The van der Waals surface area contributed by atoms with Gasteiger partial charge in [0.05, 0.1) is 0 Å². The van der Waals surface area contributed by atoms with Crippen LogP contribution in [-0.4, -0.2) is 34.9 Å². The molecule has 0 atom stereocenters. The zero-order valence-electron chi connectivity index (χ0n) is 11.6. The van der Waals surface area contributed by atoms with Crippen LogP contribution in [-0.2, 0) is 22.6 Å². The highest BCUT2D eigenvalue weighted by molar-refractivity contribution is 5.87. The highest BCUT2D eigenvalue weighted by Crippen LogP contribution is 2.26. The Morgan fingerprint density at radius 1 is 1.48 bits per heavy atom. The fourth-order valence-corrected chi connectivity index (χ4v) is 2.34. The number of carbonyl (C=O) groups excluding carboxylic acids is 2. The summed E-state index contributed by atoms with van der Waals surface area (Å²) in [7, 11) is 0. The number of hydrogen-bond donors (Lipinski definition) is 2. The summed E-state index contributed by atoms with van der Waals surface area (Å²) >= 11 is 0. The van der Waals surface area contributed by atoms with E-state index in [2.05, 4.69) is 11.9 Å². The van der Waals surface area contributed by atoms with E-state index in [1.165, 1.54) is 6.07 Å². The number of hydrogen-bond acceptors (Lipinski definition) is 3. The lowest BCUT2D eigenvalue weighted by molar-refractivity contribution is -0.132. The minimum Gasteiger partial charge on any atom is -0.508 e. The van der Waals surface area contributed by atoms with Crippen molar-refractivity contribution in [1.29, 1.82) is 0 Å². The number of fused-ring (bicyclic) bond motifs is 1. The monoisotopic (exact) mass is 292 g/mol. The van der Waals surface area contributed by atoms with Crippen LogP contribution in [0.25, 0.3) is 0 Å². The van der Waals surface area contributed by atoms with Crippen LogP contribution in [0.1, 0.15) is 17.5 Å². The summed E-state index contributed by atoms with van der Waals surface area (Å²) in [4.78, 5) is 24.6. The van der Waals surface area contributed by atoms with Gasteiger partial charge in [-0.25, -0.2) is 4.39 Å². The summed E-state index contributed by atoms with van der Waals surface area (Å²) in [6, 6.07) is 2.58. The molecule has 1 aromatic carbocycles. The van der Waals surface area contributed by atoms with Gasteiger partial charge in [0, 0.05) is 37.7 Å². The summed E-state index contributed by atoms with van der Waals surface area (Å²) in [5.74, 6) is -1.06. The van der Waals surface area contributed by atoms with Gasteiger partial charge in [0.1, 0.15) is 11.6 Å².